The number of benzene rings is 1. The highest BCUT2D eigenvalue weighted by molar-refractivity contribution is 5.93. The highest BCUT2D eigenvalue weighted by atomic mass is 16.5. The van der Waals surface area contributed by atoms with Crippen LogP contribution < -0.4 is 5.48 Å². The number of nitrogens with one attached hydrogen (secondary N) is 1. The Morgan fingerprint density at radius 3 is 2.69 bits per heavy atom. The summed E-state index contributed by atoms with van der Waals surface area (Å²) >= 11 is 0. The minimum atomic E-state index is -0.545. The SMILES string of the molecule is CC1CC2CC(C)(C=O)CC(O)(C1)C2.CN1CCc2cc(C(=O)NO)ccc2C1. The first-order valence-electron chi connectivity index (χ1n) is 10.6. The summed E-state index contributed by atoms with van der Waals surface area (Å²) in [4.78, 5) is 24.5. The van der Waals surface area contributed by atoms with Gasteiger partial charge in [-0.25, -0.2) is 5.48 Å². The fraction of sp³-hybridized carbons (Fsp3) is 0.652. The summed E-state index contributed by atoms with van der Waals surface area (Å²) in [6.45, 7) is 6.14. The van der Waals surface area contributed by atoms with Crippen LogP contribution in [0.2, 0.25) is 0 Å². The van der Waals surface area contributed by atoms with Crippen LogP contribution in [0.15, 0.2) is 18.2 Å². The molecule has 2 fully saturated rings. The largest absolute Gasteiger partial charge is 0.390 e. The van der Waals surface area contributed by atoms with E-state index in [0.29, 0.717) is 23.8 Å². The molecule has 4 unspecified atom stereocenters. The second-order valence-electron chi connectivity index (χ2n) is 9.90. The minimum absolute atomic E-state index is 0.266. The van der Waals surface area contributed by atoms with Crippen LogP contribution in [0.3, 0.4) is 0 Å². The molecule has 1 aliphatic heterocycles. The van der Waals surface area contributed by atoms with Crippen molar-refractivity contribution >= 4 is 12.2 Å². The molecule has 3 aliphatic rings. The number of aldehydes is 1. The van der Waals surface area contributed by atoms with Crippen molar-refractivity contribution in [3.05, 3.63) is 34.9 Å². The topological polar surface area (TPSA) is 89.9 Å². The van der Waals surface area contributed by atoms with Crippen molar-refractivity contribution < 1.29 is 19.9 Å². The van der Waals surface area contributed by atoms with Gasteiger partial charge in [0.05, 0.1) is 5.60 Å². The molecule has 3 N–H and O–H groups in total. The standard InChI is InChI=1S/C12H20O2.C11H14N2O2/c1-9-3-10-5-11(2,8-13)7-12(14,4-9)6-10;1-13-5-4-8-6-9(11(14)12-15)2-3-10(8)7-13/h8-10,14H,3-7H2,1-2H3;2-3,6,15H,4-5,7H2,1H3,(H,12,14). The molecule has 4 rings (SSSR count). The summed E-state index contributed by atoms with van der Waals surface area (Å²) in [5.74, 6) is 0.736. The van der Waals surface area contributed by atoms with Crippen LogP contribution in [0, 0.1) is 17.3 Å². The van der Waals surface area contributed by atoms with Crippen LogP contribution >= 0.6 is 0 Å². The maximum Gasteiger partial charge on any atom is 0.274 e. The lowest BCUT2D eigenvalue weighted by Gasteiger charge is -2.50. The van der Waals surface area contributed by atoms with Crippen molar-refractivity contribution in [3.8, 4) is 0 Å². The van der Waals surface area contributed by atoms with E-state index < -0.39 is 11.5 Å². The number of nitrogens with zero attached hydrogens (tertiary/aromatic N) is 1. The molecule has 1 aromatic carbocycles. The summed E-state index contributed by atoms with van der Waals surface area (Å²) in [5.41, 5.74) is 3.82. The molecule has 0 saturated heterocycles. The number of rotatable bonds is 2. The van der Waals surface area contributed by atoms with Crippen LogP contribution in [-0.4, -0.2) is 46.6 Å². The summed E-state index contributed by atoms with van der Waals surface area (Å²) < 4.78 is 0. The second-order valence-corrected chi connectivity index (χ2v) is 9.90. The summed E-state index contributed by atoms with van der Waals surface area (Å²) in [6.07, 6.45) is 6.64. The normalized spacial score (nSPS) is 33.7. The number of carbonyl (C=O) groups is 2. The molecule has 4 atom stereocenters. The molecule has 6 heteroatoms. The van der Waals surface area contributed by atoms with Crippen molar-refractivity contribution in [2.24, 2.45) is 17.3 Å². The number of amides is 1. The summed E-state index contributed by atoms with van der Waals surface area (Å²) in [7, 11) is 2.08. The average molecular weight is 403 g/mol. The lowest BCUT2D eigenvalue weighted by Crippen LogP contribution is -2.48. The van der Waals surface area contributed by atoms with Gasteiger partial charge in [0.15, 0.2) is 0 Å². The van der Waals surface area contributed by atoms with E-state index >= 15 is 0 Å². The Kier molecular flexibility index (Phi) is 6.46. The molecule has 6 nitrogen and oxygen atoms in total. The monoisotopic (exact) mass is 402 g/mol. The summed E-state index contributed by atoms with van der Waals surface area (Å²) in [6, 6.07) is 5.55. The fourth-order valence-corrected chi connectivity index (χ4v) is 5.78. The third-order valence-electron chi connectivity index (χ3n) is 6.68. The van der Waals surface area contributed by atoms with Crippen LogP contribution in [0.5, 0.6) is 0 Å². The fourth-order valence-electron chi connectivity index (χ4n) is 5.78. The van der Waals surface area contributed by atoms with Gasteiger partial charge in [0, 0.05) is 24.1 Å². The Morgan fingerprint density at radius 1 is 1.28 bits per heavy atom. The summed E-state index contributed by atoms with van der Waals surface area (Å²) in [5, 5.41) is 18.9. The van der Waals surface area contributed by atoms with Crippen molar-refractivity contribution in [2.75, 3.05) is 13.6 Å². The van der Waals surface area contributed by atoms with Gasteiger partial charge in [0.2, 0.25) is 0 Å². The van der Waals surface area contributed by atoms with Gasteiger partial charge in [-0.1, -0.05) is 19.9 Å². The number of hydroxylamine groups is 1. The zero-order valence-electron chi connectivity index (χ0n) is 17.8. The molecular formula is C23H34N2O4. The Labute approximate surface area is 173 Å². The predicted molar refractivity (Wildman–Crippen MR) is 111 cm³/mol. The lowest BCUT2D eigenvalue weighted by molar-refractivity contribution is -0.136. The molecular weight excluding hydrogens is 368 g/mol. The third kappa shape index (κ3) is 5.24. The number of likely N-dealkylation sites (N-methyl/N-ethyl adjacent to an activating group) is 1. The van der Waals surface area contributed by atoms with E-state index in [1.807, 2.05) is 19.1 Å². The highest BCUT2D eigenvalue weighted by Crippen LogP contribution is 2.51. The van der Waals surface area contributed by atoms with Crippen LogP contribution in [0.25, 0.3) is 0 Å². The molecule has 0 radical (unpaired) electrons. The Morgan fingerprint density at radius 2 is 2.03 bits per heavy atom. The number of hydrogen-bond acceptors (Lipinski definition) is 5. The Hall–Kier alpha value is -1.76. The minimum Gasteiger partial charge on any atom is -0.390 e. The van der Waals surface area contributed by atoms with Crippen molar-refractivity contribution in [2.45, 2.75) is 64.5 Å². The van der Waals surface area contributed by atoms with Crippen LogP contribution in [0.4, 0.5) is 0 Å². The first kappa shape index (κ1) is 21.9. The van der Waals surface area contributed by atoms with Gasteiger partial charge in [-0.15, -0.1) is 0 Å². The molecule has 1 heterocycles. The van der Waals surface area contributed by atoms with Crippen molar-refractivity contribution in [1.29, 1.82) is 0 Å². The van der Waals surface area contributed by atoms with E-state index in [0.717, 1.165) is 45.1 Å². The first-order valence-corrected chi connectivity index (χ1v) is 10.6. The van der Waals surface area contributed by atoms with Gasteiger partial charge in [-0.3, -0.25) is 10.0 Å². The third-order valence-corrected chi connectivity index (χ3v) is 6.68. The number of aliphatic hydroxyl groups is 1. The van der Waals surface area contributed by atoms with E-state index in [9.17, 15) is 14.7 Å². The van der Waals surface area contributed by atoms with Gasteiger partial charge in [-0.05, 0) is 80.7 Å². The Bertz CT molecular complexity index is 763. The zero-order valence-corrected chi connectivity index (χ0v) is 17.8. The van der Waals surface area contributed by atoms with E-state index in [2.05, 4.69) is 18.9 Å². The molecule has 0 aromatic heterocycles. The average Bonchev–Trinajstić information content (AvgIpc) is 2.65. The van der Waals surface area contributed by atoms with Gasteiger partial charge in [-0.2, -0.15) is 0 Å². The molecule has 2 bridgehead atoms. The molecule has 0 spiro atoms. The molecule has 1 aromatic rings. The van der Waals surface area contributed by atoms with Crippen LogP contribution in [-0.2, 0) is 17.8 Å². The smallest absolute Gasteiger partial charge is 0.274 e. The van der Waals surface area contributed by atoms with Gasteiger partial charge < -0.3 is 14.8 Å². The zero-order chi connectivity index (χ0) is 21.2. The van der Waals surface area contributed by atoms with E-state index in [-0.39, 0.29) is 5.41 Å². The first-order chi connectivity index (χ1) is 13.6. The maximum absolute atomic E-state index is 11.2. The van der Waals surface area contributed by atoms with Crippen LogP contribution in [0.1, 0.15) is 67.4 Å². The number of carbonyl (C=O) groups excluding carboxylic acids is 2. The van der Waals surface area contributed by atoms with E-state index in [4.69, 9.17) is 5.21 Å². The highest BCUT2D eigenvalue weighted by Gasteiger charge is 2.48. The van der Waals surface area contributed by atoms with Gasteiger partial charge in [0.25, 0.3) is 5.91 Å². The van der Waals surface area contributed by atoms with E-state index in [1.165, 1.54) is 17.5 Å². The van der Waals surface area contributed by atoms with Crippen molar-refractivity contribution in [1.82, 2.24) is 10.4 Å². The van der Waals surface area contributed by atoms with Crippen molar-refractivity contribution in [3.63, 3.8) is 0 Å². The van der Waals surface area contributed by atoms with E-state index in [1.54, 1.807) is 11.5 Å². The predicted octanol–water partition coefficient (Wildman–Crippen LogP) is 2.95. The van der Waals surface area contributed by atoms with Gasteiger partial charge in [0.1, 0.15) is 6.29 Å². The molecule has 1 amide bonds. The van der Waals surface area contributed by atoms with Gasteiger partial charge >= 0.3 is 0 Å². The number of fused-ring (bicyclic) bond motifs is 3. The maximum atomic E-state index is 11.2. The molecule has 29 heavy (non-hydrogen) atoms. The molecule has 160 valence electrons. The quantitative estimate of drug-likeness (QED) is 0.402. The Balaban J connectivity index is 0.000000166. The second kappa shape index (κ2) is 8.54. The molecule has 2 saturated carbocycles. The molecule has 2 aliphatic carbocycles. The lowest BCUT2D eigenvalue weighted by atomic mass is 9.58. The number of hydrogen-bond donors (Lipinski definition) is 3.